The van der Waals surface area contributed by atoms with Gasteiger partial charge in [0, 0.05) is 13.1 Å². The maximum absolute atomic E-state index is 11.7. The minimum atomic E-state index is -0.0724. The molecule has 0 spiro atoms. The summed E-state index contributed by atoms with van der Waals surface area (Å²) in [6.45, 7) is 1.08. The smallest absolute Gasteiger partial charge is 0.318 e. The molecular weight excluding hydrogens is 240 g/mol. The van der Waals surface area contributed by atoms with Crippen molar-refractivity contribution < 1.29 is 9.90 Å². The summed E-state index contributed by atoms with van der Waals surface area (Å²) in [5, 5.41) is 11.9. The number of aliphatic hydroxyl groups is 1. The first-order valence-corrected chi connectivity index (χ1v) is 7.06. The van der Waals surface area contributed by atoms with E-state index in [-0.39, 0.29) is 18.7 Å². The number of aliphatic hydroxyl groups excluding tert-OH is 1. The molecule has 1 saturated heterocycles. The van der Waals surface area contributed by atoms with Crippen molar-refractivity contribution in [2.24, 2.45) is 0 Å². The number of fused-ring (bicyclic) bond motifs is 1. The zero-order chi connectivity index (χ0) is 13.2. The molecule has 2 amide bonds. The fourth-order valence-corrected chi connectivity index (χ4v) is 3.06. The highest BCUT2D eigenvalue weighted by atomic mass is 16.3. The maximum Gasteiger partial charge on any atom is 0.318 e. The second kappa shape index (κ2) is 5.21. The summed E-state index contributed by atoms with van der Waals surface area (Å²) >= 11 is 0. The number of nitrogens with one attached hydrogen (secondary N) is 1. The molecule has 1 atom stereocenters. The second-order valence-electron chi connectivity index (χ2n) is 5.41. The third-order valence-electron chi connectivity index (χ3n) is 4.13. The number of aryl methyl sites for hydroxylation is 2. The Labute approximate surface area is 113 Å². The Morgan fingerprint density at radius 2 is 2.05 bits per heavy atom. The average molecular weight is 260 g/mol. The van der Waals surface area contributed by atoms with Crippen LogP contribution in [0.5, 0.6) is 0 Å². The zero-order valence-electron chi connectivity index (χ0n) is 11.1. The van der Waals surface area contributed by atoms with Crippen molar-refractivity contribution in [2.45, 2.75) is 31.7 Å². The van der Waals surface area contributed by atoms with Gasteiger partial charge in [-0.05, 0) is 42.4 Å². The van der Waals surface area contributed by atoms with Gasteiger partial charge in [-0.3, -0.25) is 0 Å². The molecular formula is C15H20N2O2. The van der Waals surface area contributed by atoms with Crippen molar-refractivity contribution in [2.75, 3.05) is 19.7 Å². The maximum atomic E-state index is 11.7. The van der Waals surface area contributed by atoms with Crippen molar-refractivity contribution >= 4 is 6.03 Å². The SMILES string of the molecule is O=C1NC(c2ccc3c(c2)CCCC3)CN1CCO. The number of hydrogen-bond acceptors (Lipinski definition) is 2. The molecule has 0 radical (unpaired) electrons. The topological polar surface area (TPSA) is 52.6 Å². The lowest BCUT2D eigenvalue weighted by Crippen LogP contribution is -2.30. The molecule has 0 aromatic heterocycles. The highest BCUT2D eigenvalue weighted by Crippen LogP contribution is 2.27. The normalized spacial score (nSPS) is 22.3. The van der Waals surface area contributed by atoms with Crippen molar-refractivity contribution in [1.29, 1.82) is 0 Å². The van der Waals surface area contributed by atoms with Crippen molar-refractivity contribution in [1.82, 2.24) is 10.2 Å². The van der Waals surface area contributed by atoms with Crippen molar-refractivity contribution in [3.05, 3.63) is 34.9 Å². The molecule has 1 aliphatic carbocycles. The average Bonchev–Trinajstić information content (AvgIpc) is 2.80. The monoisotopic (exact) mass is 260 g/mol. The zero-order valence-corrected chi connectivity index (χ0v) is 11.1. The van der Waals surface area contributed by atoms with E-state index in [1.54, 1.807) is 4.90 Å². The Morgan fingerprint density at radius 3 is 2.84 bits per heavy atom. The van der Waals surface area contributed by atoms with Gasteiger partial charge in [0.25, 0.3) is 0 Å². The van der Waals surface area contributed by atoms with E-state index in [4.69, 9.17) is 5.11 Å². The molecule has 1 aliphatic heterocycles. The number of carbonyl (C=O) groups is 1. The summed E-state index contributed by atoms with van der Waals surface area (Å²) < 4.78 is 0. The number of nitrogens with zero attached hydrogens (tertiary/aromatic N) is 1. The van der Waals surface area contributed by atoms with Crippen molar-refractivity contribution in [3.8, 4) is 0 Å². The minimum Gasteiger partial charge on any atom is -0.395 e. The van der Waals surface area contributed by atoms with Crippen LogP contribution in [0.25, 0.3) is 0 Å². The lowest BCUT2D eigenvalue weighted by Gasteiger charge is -2.18. The van der Waals surface area contributed by atoms with Gasteiger partial charge in [0.1, 0.15) is 0 Å². The van der Waals surface area contributed by atoms with E-state index in [0.717, 1.165) is 6.42 Å². The van der Waals surface area contributed by atoms with E-state index < -0.39 is 0 Å². The Morgan fingerprint density at radius 1 is 1.26 bits per heavy atom. The highest BCUT2D eigenvalue weighted by molar-refractivity contribution is 5.77. The predicted octanol–water partition coefficient (Wildman–Crippen LogP) is 1.62. The molecule has 1 aromatic rings. The van der Waals surface area contributed by atoms with Crippen molar-refractivity contribution in [3.63, 3.8) is 0 Å². The first kappa shape index (κ1) is 12.5. The summed E-state index contributed by atoms with van der Waals surface area (Å²) in [5.74, 6) is 0. The van der Waals surface area contributed by atoms with Crippen LogP contribution in [0.1, 0.15) is 35.6 Å². The van der Waals surface area contributed by atoms with Crippen LogP contribution in [-0.2, 0) is 12.8 Å². The Kier molecular flexibility index (Phi) is 3.42. The van der Waals surface area contributed by atoms with Gasteiger partial charge < -0.3 is 15.3 Å². The number of urea groups is 1. The molecule has 2 aliphatic rings. The quantitative estimate of drug-likeness (QED) is 0.867. The highest BCUT2D eigenvalue weighted by Gasteiger charge is 2.29. The van der Waals surface area contributed by atoms with Gasteiger partial charge in [0.05, 0.1) is 12.6 Å². The molecule has 1 aromatic carbocycles. The largest absolute Gasteiger partial charge is 0.395 e. The fourth-order valence-electron chi connectivity index (χ4n) is 3.06. The van der Waals surface area contributed by atoms with Crippen LogP contribution < -0.4 is 5.32 Å². The van der Waals surface area contributed by atoms with Gasteiger partial charge in [-0.2, -0.15) is 0 Å². The Balaban J connectivity index is 1.78. The second-order valence-corrected chi connectivity index (χ2v) is 5.41. The fraction of sp³-hybridized carbons (Fsp3) is 0.533. The molecule has 1 heterocycles. The first-order chi connectivity index (χ1) is 9.28. The van der Waals surface area contributed by atoms with Crippen LogP contribution in [0, 0.1) is 0 Å². The number of amides is 2. The third kappa shape index (κ3) is 2.45. The van der Waals surface area contributed by atoms with Gasteiger partial charge >= 0.3 is 6.03 Å². The molecule has 4 nitrogen and oxygen atoms in total. The predicted molar refractivity (Wildman–Crippen MR) is 73.0 cm³/mol. The molecule has 0 bridgehead atoms. The molecule has 102 valence electrons. The lowest BCUT2D eigenvalue weighted by atomic mass is 9.89. The standard InChI is InChI=1S/C15H20N2O2/c18-8-7-17-10-14(16-15(17)19)13-6-5-11-3-1-2-4-12(11)9-13/h5-6,9,14,18H,1-4,7-8,10H2,(H,16,19). The summed E-state index contributed by atoms with van der Waals surface area (Å²) in [6.07, 6.45) is 4.90. The van der Waals surface area contributed by atoms with Crippen LogP contribution in [0.15, 0.2) is 18.2 Å². The molecule has 1 fully saturated rings. The van der Waals surface area contributed by atoms with Gasteiger partial charge in [-0.15, -0.1) is 0 Å². The molecule has 2 N–H and O–H groups in total. The molecule has 4 heteroatoms. The number of hydrogen-bond donors (Lipinski definition) is 2. The van der Waals surface area contributed by atoms with Crippen LogP contribution in [0.3, 0.4) is 0 Å². The minimum absolute atomic E-state index is 0.0182. The van der Waals surface area contributed by atoms with E-state index >= 15 is 0 Å². The summed E-state index contributed by atoms with van der Waals surface area (Å²) in [6, 6.07) is 6.59. The molecule has 1 unspecified atom stereocenters. The van der Waals surface area contributed by atoms with E-state index in [9.17, 15) is 4.79 Å². The number of benzene rings is 1. The third-order valence-corrected chi connectivity index (χ3v) is 4.13. The van der Waals surface area contributed by atoms with Gasteiger partial charge in [0.15, 0.2) is 0 Å². The van der Waals surface area contributed by atoms with Crippen LogP contribution >= 0.6 is 0 Å². The van der Waals surface area contributed by atoms with Crippen LogP contribution in [0.4, 0.5) is 4.79 Å². The molecule has 3 rings (SSSR count). The van der Waals surface area contributed by atoms with Crippen LogP contribution in [-0.4, -0.2) is 35.7 Å². The number of carbonyl (C=O) groups excluding carboxylic acids is 1. The molecule has 0 saturated carbocycles. The summed E-state index contributed by atoms with van der Waals surface area (Å²) in [4.78, 5) is 13.4. The van der Waals surface area contributed by atoms with E-state index in [2.05, 4.69) is 23.5 Å². The lowest BCUT2D eigenvalue weighted by molar-refractivity contribution is 0.196. The number of β-amino-alcohol motifs (C(OH)–C–C–N with tert-alkyl or cyclic N) is 1. The molecule has 19 heavy (non-hydrogen) atoms. The summed E-state index contributed by atoms with van der Waals surface area (Å²) in [5.41, 5.74) is 4.10. The van der Waals surface area contributed by atoms with E-state index in [1.807, 2.05) is 0 Å². The number of rotatable bonds is 3. The Bertz CT molecular complexity index is 487. The van der Waals surface area contributed by atoms with E-state index in [1.165, 1.54) is 36.0 Å². The van der Waals surface area contributed by atoms with Gasteiger partial charge in [0.2, 0.25) is 0 Å². The van der Waals surface area contributed by atoms with Gasteiger partial charge in [-0.25, -0.2) is 4.79 Å². The van der Waals surface area contributed by atoms with Gasteiger partial charge in [-0.1, -0.05) is 18.2 Å². The van der Waals surface area contributed by atoms with E-state index in [0.29, 0.717) is 13.1 Å². The Hall–Kier alpha value is -1.55. The summed E-state index contributed by atoms with van der Waals surface area (Å²) in [7, 11) is 0. The first-order valence-electron chi connectivity index (χ1n) is 7.06. The van der Waals surface area contributed by atoms with Crippen LogP contribution in [0.2, 0.25) is 0 Å².